The monoisotopic (exact) mass is 614 g/mol. The van der Waals surface area contributed by atoms with E-state index in [-0.39, 0.29) is 13.0 Å². The smallest absolute Gasteiger partial charge is 0.414 e. The number of amides is 3. The third-order valence-electron chi connectivity index (χ3n) is 5.01. The molecule has 41 heavy (non-hydrogen) atoms. The number of halogens is 2. The Kier molecular flexibility index (Phi) is 20.1. The second kappa shape index (κ2) is 22.0. The molecule has 1 atom stereocenters. The fourth-order valence-electron chi connectivity index (χ4n) is 3.07. The Morgan fingerprint density at radius 3 is 2.24 bits per heavy atom. The second-order valence-corrected chi connectivity index (χ2v) is 8.89. The maximum atomic E-state index is 12.5. The van der Waals surface area contributed by atoms with Crippen LogP contribution in [0.5, 0.6) is 0 Å². The topological polar surface area (TPSA) is 157 Å². The Morgan fingerprint density at radius 1 is 1.05 bits per heavy atom. The highest BCUT2D eigenvalue weighted by Gasteiger charge is 2.21. The molecule has 11 nitrogen and oxygen atoms in total. The van der Waals surface area contributed by atoms with Crippen LogP contribution in [0.15, 0.2) is 60.0 Å². The van der Waals surface area contributed by atoms with Crippen molar-refractivity contribution in [1.82, 2.24) is 15.5 Å². The van der Waals surface area contributed by atoms with Gasteiger partial charge in [0, 0.05) is 48.9 Å². The minimum atomic E-state index is -1.33. The van der Waals surface area contributed by atoms with Gasteiger partial charge in [0.05, 0.1) is 0 Å². The molecule has 1 aliphatic rings. The van der Waals surface area contributed by atoms with Crippen molar-refractivity contribution in [3.05, 3.63) is 65.5 Å². The molecule has 2 rings (SSSR count). The van der Waals surface area contributed by atoms with E-state index >= 15 is 0 Å². The number of carboxylic acid groups (broad SMARTS) is 2. The lowest BCUT2D eigenvalue weighted by Crippen LogP contribution is -2.43. The molecule has 0 heterocycles. The minimum absolute atomic E-state index is 0.00367. The number of rotatable bonds is 12. The first kappa shape index (κ1) is 37.3. The number of alkyl halides is 2. The average molecular weight is 616 g/mol. The zero-order valence-electron chi connectivity index (χ0n) is 23.8. The molecule has 0 radical (unpaired) electrons. The van der Waals surface area contributed by atoms with Crippen molar-refractivity contribution in [2.75, 3.05) is 30.7 Å². The number of hydrogen-bond acceptors (Lipinski definition) is 6. The van der Waals surface area contributed by atoms with Gasteiger partial charge in [0.2, 0.25) is 0 Å². The molecule has 0 bridgehead atoms. The SMILES string of the molecule is CC.CCCl.CN(C(=O)OCc1ccc(NC(=O)NC(CCC(=O)O)C(=O)O)cc1)C1=CCC=C(NCCCl)C=C1. The van der Waals surface area contributed by atoms with E-state index in [1.165, 1.54) is 4.90 Å². The number of aliphatic carboxylic acids is 2. The van der Waals surface area contributed by atoms with E-state index in [1.807, 2.05) is 45.1 Å². The highest BCUT2D eigenvalue weighted by molar-refractivity contribution is 6.18. The van der Waals surface area contributed by atoms with Crippen LogP contribution >= 0.6 is 23.2 Å². The summed E-state index contributed by atoms with van der Waals surface area (Å²) in [5.41, 5.74) is 2.66. The van der Waals surface area contributed by atoms with E-state index in [4.69, 9.17) is 38.2 Å². The average Bonchev–Trinajstić information content (AvgIpc) is 3.20. The zero-order chi connectivity index (χ0) is 31.2. The van der Waals surface area contributed by atoms with Gasteiger partial charge in [-0.05, 0) is 42.7 Å². The lowest BCUT2D eigenvalue weighted by molar-refractivity contribution is -0.140. The normalized spacial score (nSPS) is 12.3. The van der Waals surface area contributed by atoms with Gasteiger partial charge < -0.3 is 30.9 Å². The maximum Gasteiger partial charge on any atom is 0.414 e. The molecule has 1 aliphatic carbocycles. The van der Waals surface area contributed by atoms with E-state index in [2.05, 4.69) is 16.0 Å². The molecule has 228 valence electrons. The third kappa shape index (κ3) is 16.2. The van der Waals surface area contributed by atoms with Gasteiger partial charge in [0.1, 0.15) is 12.6 Å². The van der Waals surface area contributed by atoms with Crippen LogP contribution in [-0.2, 0) is 20.9 Å². The number of anilines is 1. The van der Waals surface area contributed by atoms with E-state index in [0.29, 0.717) is 35.8 Å². The van der Waals surface area contributed by atoms with Gasteiger partial charge in [0.25, 0.3) is 0 Å². The molecular weight excluding hydrogens is 575 g/mol. The van der Waals surface area contributed by atoms with E-state index in [0.717, 1.165) is 11.6 Å². The molecule has 1 aromatic carbocycles. The van der Waals surface area contributed by atoms with Crippen LogP contribution in [0, 0.1) is 0 Å². The number of urea groups is 1. The molecule has 3 amide bonds. The first-order chi connectivity index (χ1) is 19.6. The number of hydrogen-bond donors (Lipinski definition) is 5. The number of allylic oxidation sites excluding steroid dienone is 4. The van der Waals surface area contributed by atoms with Gasteiger partial charge in [-0.15, -0.1) is 23.2 Å². The zero-order valence-corrected chi connectivity index (χ0v) is 25.3. The number of benzene rings is 1. The molecule has 0 spiro atoms. The van der Waals surface area contributed by atoms with Crippen molar-refractivity contribution in [3.63, 3.8) is 0 Å². The van der Waals surface area contributed by atoms with Crippen molar-refractivity contribution >= 4 is 53.0 Å². The van der Waals surface area contributed by atoms with E-state index in [9.17, 15) is 19.2 Å². The molecule has 5 N–H and O–H groups in total. The number of carbonyl (C=O) groups excluding carboxylic acids is 2. The van der Waals surface area contributed by atoms with Gasteiger partial charge in [-0.3, -0.25) is 9.69 Å². The van der Waals surface area contributed by atoms with Gasteiger partial charge in [-0.2, -0.15) is 0 Å². The summed E-state index contributed by atoms with van der Waals surface area (Å²) in [7, 11) is 1.61. The van der Waals surface area contributed by atoms with Gasteiger partial charge >= 0.3 is 24.1 Å². The Morgan fingerprint density at radius 2 is 1.68 bits per heavy atom. The van der Waals surface area contributed by atoms with Crippen LogP contribution in [0.3, 0.4) is 0 Å². The van der Waals surface area contributed by atoms with Crippen LogP contribution in [0.4, 0.5) is 15.3 Å². The second-order valence-electron chi connectivity index (χ2n) is 7.97. The van der Waals surface area contributed by atoms with Crippen molar-refractivity contribution < 1.29 is 34.1 Å². The first-order valence-electron chi connectivity index (χ1n) is 13.1. The minimum Gasteiger partial charge on any atom is -0.481 e. The Hall–Kier alpha value is -3.70. The predicted molar refractivity (Wildman–Crippen MR) is 161 cm³/mol. The number of carbonyl (C=O) groups is 4. The number of likely N-dealkylation sites (N-methyl/N-ethyl adjacent to an activating group) is 1. The van der Waals surface area contributed by atoms with Crippen molar-refractivity contribution in [2.24, 2.45) is 0 Å². The van der Waals surface area contributed by atoms with Gasteiger partial charge in [-0.1, -0.05) is 45.1 Å². The number of nitrogens with one attached hydrogen (secondary N) is 3. The van der Waals surface area contributed by atoms with Crippen molar-refractivity contribution in [1.29, 1.82) is 0 Å². The summed E-state index contributed by atoms with van der Waals surface area (Å²) in [5, 5.41) is 25.7. The molecule has 0 saturated carbocycles. The Bertz CT molecular complexity index is 1060. The predicted octanol–water partition coefficient (Wildman–Crippen LogP) is 5.52. The summed E-state index contributed by atoms with van der Waals surface area (Å²) in [6.07, 6.45) is 7.03. The van der Waals surface area contributed by atoms with E-state index < -0.39 is 36.5 Å². The highest BCUT2D eigenvalue weighted by atomic mass is 35.5. The summed E-state index contributed by atoms with van der Waals surface area (Å²) >= 11 is 10.7. The Balaban J connectivity index is 0.00000299. The fourth-order valence-corrected chi connectivity index (χ4v) is 3.17. The molecule has 0 aromatic heterocycles. The summed E-state index contributed by atoms with van der Waals surface area (Å²) in [5.74, 6) is -1.28. The van der Waals surface area contributed by atoms with Gasteiger partial charge in [0.15, 0.2) is 0 Å². The Labute approximate surface area is 251 Å². The van der Waals surface area contributed by atoms with E-state index in [1.54, 1.807) is 31.3 Å². The van der Waals surface area contributed by atoms with Gasteiger partial charge in [-0.25, -0.2) is 14.4 Å². The number of carboxylic acids is 2. The quantitative estimate of drug-likeness (QED) is 0.192. The van der Waals surface area contributed by atoms with Crippen molar-refractivity contribution in [3.8, 4) is 0 Å². The van der Waals surface area contributed by atoms with Crippen LogP contribution in [-0.4, -0.2) is 70.6 Å². The van der Waals surface area contributed by atoms with Crippen LogP contribution in [0.2, 0.25) is 0 Å². The summed E-state index contributed by atoms with van der Waals surface area (Å²) in [4.78, 5) is 47.8. The summed E-state index contributed by atoms with van der Waals surface area (Å²) < 4.78 is 5.37. The molecule has 0 saturated heterocycles. The maximum absolute atomic E-state index is 12.5. The molecule has 0 fully saturated rings. The van der Waals surface area contributed by atoms with Crippen LogP contribution in [0.25, 0.3) is 0 Å². The highest BCUT2D eigenvalue weighted by Crippen LogP contribution is 2.15. The lowest BCUT2D eigenvalue weighted by atomic mass is 10.1. The largest absolute Gasteiger partial charge is 0.481 e. The summed E-state index contributed by atoms with van der Waals surface area (Å²) in [6.45, 7) is 6.53. The summed E-state index contributed by atoms with van der Waals surface area (Å²) in [6, 6.07) is 4.30. The molecule has 13 heteroatoms. The van der Waals surface area contributed by atoms with Crippen LogP contribution < -0.4 is 16.0 Å². The number of nitrogens with zero attached hydrogens (tertiary/aromatic N) is 1. The molecule has 0 aliphatic heterocycles. The molecular formula is C28H40Cl2N4O7. The molecule has 1 unspecified atom stereocenters. The lowest BCUT2D eigenvalue weighted by Gasteiger charge is -2.18. The van der Waals surface area contributed by atoms with Crippen molar-refractivity contribution in [2.45, 2.75) is 52.7 Å². The fraction of sp³-hybridized carbons (Fsp3) is 0.429. The number of ether oxygens (including phenoxy) is 1. The third-order valence-corrected chi connectivity index (χ3v) is 5.20. The standard InChI is InChI=1S/C24H29ClN4O7.C2H5Cl.C2H6/c1-29(19-4-2-3-17(9-10-19)26-14-13-25)24(35)36-15-16-5-7-18(8-6-16)27-23(34)28-20(22(32)33)11-12-21(30)31;1-2-3;1-2/h3-10,20,26H,2,11-15H2,1H3,(H,30,31)(H,32,33)(H2,27,28,34);2H2,1H3;1-2H3. The molecule has 1 aromatic rings. The first-order valence-corrected chi connectivity index (χ1v) is 14.1. The van der Waals surface area contributed by atoms with Crippen LogP contribution in [0.1, 0.15) is 45.6 Å².